The Morgan fingerprint density at radius 3 is 2.25 bits per heavy atom. The summed E-state index contributed by atoms with van der Waals surface area (Å²) in [4.78, 5) is 16.2. The second-order valence-electron chi connectivity index (χ2n) is 5.31. The highest BCUT2D eigenvalue weighted by Crippen LogP contribution is 2.26. The van der Waals surface area contributed by atoms with Crippen LogP contribution in [0.3, 0.4) is 0 Å². The van der Waals surface area contributed by atoms with Crippen LogP contribution in [-0.2, 0) is 0 Å². The van der Waals surface area contributed by atoms with Gasteiger partial charge in [0.25, 0.3) is 0 Å². The number of H-pyrrole nitrogens is 1. The van der Waals surface area contributed by atoms with Gasteiger partial charge in [0.15, 0.2) is 5.43 Å². The van der Waals surface area contributed by atoms with Crippen LogP contribution in [0.25, 0.3) is 22.2 Å². The van der Waals surface area contributed by atoms with Crippen LogP contribution in [-0.4, -0.2) is 4.98 Å². The highest BCUT2D eigenvalue weighted by molar-refractivity contribution is 5.83. The fourth-order valence-corrected chi connectivity index (χ4v) is 2.63. The third kappa shape index (κ3) is 2.03. The van der Waals surface area contributed by atoms with E-state index in [-0.39, 0.29) is 11.3 Å². The molecule has 3 rings (SSSR count). The predicted molar refractivity (Wildman–Crippen MR) is 84.1 cm³/mol. The zero-order chi connectivity index (χ0) is 14.1. The van der Waals surface area contributed by atoms with E-state index in [1.807, 2.05) is 54.6 Å². The largest absolute Gasteiger partial charge is 0.354 e. The molecule has 0 aliphatic carbocycles. The highest BCUT2D eigenvalue weighted by atomic mass is 16.1. The first-order chi connectivity index (χ1) is 9.68. The molecule has 1 N–H and O–H groups in total. The van der Waals surface area contributed by atoms with Gasteiger partial charge in [-0.3, -0.25) is 4.79 Å². The van der Waals surface area contributed by atoms with Crippen LogP contribution in [0.1, 0.15) is 25.3 Å². The Hall–Kier alpha value is -2.35. The van der Waals surface area contributed by atoms with Gasteiger partial charge in [-0.25, -0.2) is 0 Å². The fraction of sp³-hybridized carbons (Fsp3) is 0.167. The maximum atomic E-state index is 12.7. The third-order valence-corrected chi connectivity index (χ3v) is 3.59. The summed E-state index contributed by atoms with van der Waals surface area (Å²) in [7, 11) is 0. The Labute approximate surface area is 118 Å². The molecule has 0 aliphatic heterocycles. The first-order valence-electron chi connectivity index (χ1n) is 6.89. The molecule has 100 valence electrons. The molecule has 2 heteroatoms. The van der Waals surface area contributed by atoms with Crippen LogP contribution in [0.15, 0.2) is 59.4 Å². The fourth-order valence-electron chi connectivity index (χ4n) is 2.63. The summed E-state index contributed by atoms with van der Waals surface area (Å²) in [6, 6.07) is 17.7. The van der Waals surface area contributed by atoms with Crippen molar-refractivity contribution in [2.24, 2.45) is 0 Å². The number of fused-ring (bicyclic) bond motifs is 1. The van der Waals surface area contributed by atoms with Gasteiger partial charge in [0, 0.05) is 16.5 Å². The Bertz CT molecular complexity index is 801. The molecule has 0 bridgehead atoms. The molecule has 0 spiro atoms. The molecule has 0 aliphatic rings. The van der Waals surface area contributed by atoms with Crippen LogP contribution in [0, 0.1) is 0 Å². The number of para-hydroxylation sites is 1. The summed E-state index contributed by atoms with van der Waals surface area (Å²) >= 11 is 0. The number of hydrogen-bond donors (Lipinski definition) is 1. The number of hydrogen-bond acceptors (Lipinski definition) is 1. The van der Waals surface area contributed by atoms with Crippen molar-refractivity contribution in [2.75, 3.05) is 0 Å². The molecule has 0 radical (unpaired) electrons. The lowest BCUT2D eigenvalue weighted by molar-refractivity contribution is 0.856. The second kappa shape index (κ2) is 4.97. The predicted octanol–water partition coefficient (Wildman–Crippen LogP) is 4.32. The third-order valence-electron chi connectivity index (χ3n) is 3.59. The van der Waals surface area contributed by atoms with E-state index in [4.69, 9.17) is 0 Å². The average molecular weight is 263 g/mol. The van der Waals surface area contributed by atoms with Gasteiger partial charge in [-0.05, 0) is 23.6 Å². The van der Waals surface area contributed by atoms with Crippen LogP contribution in [0.5, 0.6) is 0 Å². The minimum Gasteiger partial charge on any atom is -0.354 e. The van der Waals surface area contributed by atoms with Crippen LogP contribution >= 0.6 is 0 Å². The zero-order valence-corrected chi connectivity index (χ0v) is 11.7. The van der Waals surface area contributed by atoms with Crippen molar-refractivity contribution in [3.63, 3.8) is 0 Å². The van der Waals surface area contributed by atoms with Crippen molar-refractivity contribution >= 4 is 10.9 Å². The van der Waals surface area contributed by atoms with E-state index in [0.29, 0.717) is 0 Å². The van der Waals surface area contributed by atoms with Gasteiger partial charge >= 0.3 is 0 Å². The Morgan fingerprint density at radius 2 is 1.55 bits per heavy atom. The summed E-state index contributed by atoms with van der Waals surface area (Å²) < 4.78 is 0. The molecule has 1 aromatic heterocycles. The molecular formula is C18H17NO. The summed E-state index contributed by atoms with van der Waals surface area (Å²) in [6.07, 6.45) is 0. The van der Waals surface area contributed by atoms with E-state index in [1.165, 1.54) is 0 Å². The summed E-state index contributed by atoms with van der Waals surface area (Å²) in [6.45, 7) is 4.12. The van der Waals surface area contributed by atoms with Crippen molar-refractivity contribution in [1.29, 1.82) is 0 Å². The Kier molecular flexibility index (Phi) is 3.15. The van der Waals surface area contributed by atoms with Crippen molar-refractivity contribution in [2.45, 2.75) is 19.8 Å². The summed E-state index contributed by atoms with van der Waals surface area (Å²) in [5.74, 6) is 0.179. The van der Waals surface area contributed by atoms with E-state index in [0.717, 1.165) is 27.7 Å². The number of nitrogens with one attached hydrogen (secondary N) is 1. The minimum atomic E-state index is 0.133. The quantitative estimate of drug-likeness (QED) is 0.734. The molecular weight excluding hydrogens is 246 g/mol. The summed E-state index contributed by atoms with van der Waals surface area (Å²) in [5.41, 5.74) is 3.87. The number of benzene rings is 2. The normalized spacial score (nSPS) is 11.2. The number of aromatic nitrogens is 1. The minimum absolute atomic E-state index is 0.133. The molecule has 20 heavy (non-hydrogen) atoms. The summed E-state index contributed by atoms with van der Waals surface area (Å²) in [5, 5.41) is 0.760. The number of pyridine rings is 1. The van der Waals surface area contributed by atoms with Gasteiger partial charge in [-0.15, -0.1) is 0 Å². The smallest absolute Gasteiger partial charge is 0.193 e. The lowest BCUT2D eigenvalue weighted by Crippen LogP contribution is -2.14. The second-order valence-corrected chi connectivity index (χ2v) is 5.31. The number of aromatic amines is 1. The standard InChI is InChI=1S/C18H17NO/c1-12(2)16-17(13-8-4-3-5-9-13)19-15-11-7-6-10-14(15)18(16)20/h3-12H,1-2H3,(H,19,20). The molecule has 0 atom stereocenters. The van der Waals surface area contributed by atoms with Crippen molar-refractivity contribution < 1.29 is 0 Å². The van der Waals surface area contributed by atoms with E-state index >= 15 is 0 Å². The molecule has 0 fully saturated rings. The molecule has 2 nitrogen and oxygen atoms in total. The van der Waals surface area contributed by atoms with E-state index in [2.05, 4.69) is 18.8 Å². The lowest BCUT2D eigenvalue weighted by atomic mass is 9.95. The van der Waals surface area contributed by atoms with E-state index in [1.54, 1.807) is 0 Å². The SMILES string of the molecule is CC(C)c1c(-c2ccccc2)[nH]c2ccccc2c1=O. The molecule has 0 saturated heterocycles. The Balaban J connectivity index is 2.42. The van der Waals surface area contributed by atoms with Gasteiger partial charge in [0.1, 0.15) is 0 Å². The molecule has 0 amide bonds. The topological polar surface area (TPSA) is 32.9 Å². The van der Waals surface area contributed by atoms with E-state index < -0.39 is 0 Å². The Morgan fingerprint density at radius 1 is 0.900 bits per heavy atom. The molecule has 2 aromatic carbocycles. The zero-order valence-electron chi connectivity index (χ0n) is 11.7. The van der Waals surface area contributed by atoms with E-state index in [9.17, 15) is 4.79 Å². The first kappa shape index (κ1) is 12.7. The monoisotopic (exact) mass is 263 g/mol. The van der Waals surface area contributed by atoms with Gasteiger partial charge < -0.3 is 4.98 Å². The maximum absolute atomic E-state index is 12.7. The van der Waals surface area contributed by atoms with Crippen molar-refractivity contribution in [3.05, 3.63) is 70.4 Å². The lowest BCUT2D eigenvalue weighted by Gasteiger charge is -2.14. The number of rotatable bonds is 2. The van der Waals surface area contributed by atoms with Gasteiger partial charge in [-0.1, -0.05) is 56.3 Å². The molecule has 0 saturated carbocycles. The van der Waals surface area contributed by atoms with Crippen LogP contribution in [0.2, 0.25) is 0 Å². The van der Waals surface area contributed by atoms with Crippen molar-refractivity contribution in [3.8, 4) is 11.3 Å². The van der Waals surface area contributed by atoms with Gasteiger partial charge in [0.05, 0.1) is 5.69 Å². The van der Waals surface area contributed by atoms with Crippen LogP contribution in [0.4, 0.5) is 0 Å². The first-order valence-corrected chi connectivity index (χ1v) is 6.89. The molecule has 1 heterocycles. The van der Waals surface area contributed by atoms with Crippen molar-refractivity contribution in [1.82, 2.24) is 4.98 Å². The average Bonchev–Trinajstić information content (AvgIpc) is 2.47. The molecule has 0 unspecified atom stereocenters. The van der Waals surface area contributed by atoms with Crippen LogP contribution < -0.4 is 5.43 Å². The maximum Gasteiger partial charge on any atom is 0.193 e. The van der Waals surface area contributed by atoms with Gasteiger partial charge in [0.2, 0.25) is 0 Å². The molecule has 3 aromatic rings. The van der Waals surface area contributed by atoms with Gasteiger partial charge in [-0.2, -0.15) is 0 Å². The highest BCUT2D eigenvalue weighted by Gasteiger charge is 2.15.